The lowest BCUT2D eigenvalue weighted by atomic mass is 10.0. The molecule has 1 rings (SSSR count). The fourth-order valence-corrected chi connectivity index (χ4v) is 1.22. The van der Waals surface area contributed by atoms with E-state index in [1.54, 1.807) is 0 Å². The molecule has 0 aliphatic carbocycles. The monoisotopic (exact) mass is 196 g/mol. The van der Waals surface area contributed by atoms with Crippen LogP contribution in [0.15, 0.2) is 6.07 Å². The van der Waals surface area contributed by atoms with E-state index < -0.39 is 0 Å². The SMILES string of the molecule is CC(=O)Cc1c(O)cc(O)c(C)c1O. The highest BCUT2D eigenvalue weighted by Gasteiger charge is 2.15. The number of hydrogen-bond acceptors (Lipinski definition) is 4. The van der Waals surface area contributed by atoms with Gasteiger partial charge in [-0.25, -0.2) is 0 Å². The molecule has 0 aliphatic rings. The number of aromatic hydroxyl groups is 3. The summed E-state index contributed by atoms with van der Waals surface area (Å²) in [6.07, 6.45) is -0.0429. The number of Topliss-reactive ketones (excluding diaryl/α,β-unsaturated/α-hetero) is 1. The average molecular weight is 196 g/mol. The Morgan fingerprint density at radius 3 is 2.36 bits per heavy atom. The Morgan fingerprint density at radius 2 is 1.86 bits per heavy atom. The van der Waals surface area contributed by atoms with Crippen molar-refractivity contribution < 1.29 is 20.1 Å². The van der Waals surface area contributed by atoms with Gasteiger partial charge in [0.2, 0.25) is 0 Å². The Balaban J connectivity index is 3.29. The Hall–Kier alpha value is -1.71. The summed E-state index contributed by atoms with van der Waals surface area (Å²) in [6.45, 7) is 2.87. The van der Waals surface area contributed by atoms with E-state index in [1.165, 1.54) is 13.8 Å². The summed E-state index contributed by atoms with van der Waals surface area (Å²) in [7, 11) is 0. The first-order chi connectivity index (χ1) is 6.43. The first-order valence-corrected chi connectivity index (χ1v) is 4.16. The van der Waals surface area contributed by atoms with Crippen LogP contribution in [0.3, 0.4) is 0 Å². The minimum absolute atomic E-state index is 0.0429. The zero-order valence-electron chi connectivity index (χ0n) is 8.03. The van der Waals surface area contributed by atoms with E-state index in [-0.39, 0.29) is 40.6 Å². The van der Waals surface area contributed by atoms with Gasteiger partial charge in [-0.15, -0.1) is 0 Å². The third-order valence-corrected chi connectivity index (χ3v) is 2.03. The Bertz CT molecular complexity index is 382. The smallest absolute Gasteiger partial charge is 0.134 e. The number of carbonyl (C=O) groups is 1. The van der Waals surface area contributed by atoms with E-state index in [4.69, 9.17) is 0 Å². The van der Waals surface area contributed by atoms with Gasteiger partial charge in [0.25, 0.3) is 0 Å². The molecule has 0 atom stereocenters. The van der Waals surface area contributed by atoms with Crippen molar-refractivity contribution in [2.45, 2.75) is 20.3 Å². The summed E-state index contributed by atoms with van der Waals surface area (Å²) >= 11 is 0. The third-order valence-electron chi connectivity index (χ3n) is 2.03. The van der Waals surface area contributed by atoms with Crippen molar-refractivity contribution in [2.24, 2.45) is 0 Å². The molecule has 0 spiro atoms. The highest BCUT2D eigenvalue weighted by atomic mass is 16.3. The summed E-state index contributed by atoms with van der Waals surface area (Å²) < 4.78 is 0. The van der Waals surface area contributed by atoms with E-state index in [0.717, 1.165) is 6.07 Å². The highest BCUT2D eigenvalue weighted by molar-refractivity contribution is 5.80. The van der Waals surface area contributed by atoms with Gasteiger partial charge in [-0.1, -0.05) is 0 Å². The van der Waals surface area contributed by atoms with Crippen LogP contribution in [0.4, 0.5) is 0 Å². The summed E-state index contributed by atoms with van der Waals surface area (Å²) in [5.74, 6) is -0.841. The van der Waals surface area contributed by atoms with Crippen LogP contribution < -0.4 is 0 Å². The fraction of sp³-hybridized carbons (Fsp3) is 0.300. The molecule has 1 aromatic rings. The fourth-order valence-electron chi connectivity index (χ4n) is 1.22. The number of carbonyl (C=O) groups excluding carboxylic acids is 1. The Morgan fingerprint density at radius 1 is 1.29 bits per heavy atom. The van der Waals surface area contributed by atoms with Gasteiger partial charge in [-0.3, -0.25) is 4.79 Å². The molecule has 76 valence electrons. The van der Waals surface area contributed by atoms with Crippen LogP contribution in [0.1, 0.15) is 18.1 Å². The van der Waals surface area contributed by atoms with Crippen molar-refractivity contribution in [1.29, 1.82) is 0 Å². The van der Waals surface area contributed by atoms with Gasteiger partial charge in [0.15, 0.2) is 0 Å². The molecule has 1 aromatic carbocycles. The third kappa shape index (κ3) is 1.79. The molecule has 0 bridgehead atoms. The van der Waals surface area contributed by atoms with Gasteiger partial charge in [0, 0.05) is 23.6 Å². The average Bonchev–Trinajstić information content (AvgIpc) is 2.09. The van der Waals surface area contributed by atoms with Gasteiger partial charge >= 0.3 is 0 Å². The predicted octanol–water partition coefficient (Wildman–Crippen LogP) is 1.24. The number of rotatable bonds is 2. The summed E-state index contributed by atoms with van der Waals surface area (Å²) in [4.78, 5) is 10.8. The van der Waals surface area contributed by atoms with Crippen molar-refractivity contribution in [3.8, 4) is 17.2 Å². The van der Waals surface area contributed by atoms with Gasteiger partial charge in [0.1, 0.15) is 23.0 Å². The van der Waals surface area contributed by atoms with Crippen molar-refractivity contribution in [3.05, 3.63) is 17.2 Å². The second-order valence-electron chi connectivity index (χ2n) is 3.25. The minimum Gasteiger partial charge on any atom is -0.507 e. The second kappa shape index (κ2) is 3.57. The van der Waals surface area contributed by atoms with E-state index in [2.05, 4.69) is 0 Å². The topological polar surface area (TPSA) is 77.8 Å². The van der Waals surface area contributed by atoms with Crippen LogP contribution in [0, 0.1) is 6.92 Å². The molecule has 4 heteroatoms. The largest absolute Gasteiger partial charge is 0.507 e. The van der Waals surface area contributed by atoms with Crippen molar-refractivity contribution >= 4 is 5.78 Å². The molecule has 0 aliphatic heterocycles. The summed E-state index contributed by atoms with van der Waals surface area (Å²) in [6, 6.07) is 1.12. The normalized spacial score (nSPS) is 10.1. The highest BCUT2D eigenvalue weighted by Crippen LogP contribution is 2.36. The van der Waals surface area contributed by atoms with E-state index in [1.807, 2.05) is 0 Å². The van der Waals surface area contributed by atoms with Crippen LogP contribution in [0.2, 0.25) is 0 Å². The predicted molar refractivity (Wildman–Crippen MR) is 50.6 cm³/mol. The molecule has 0 aromatic heterocycles. The molecule has 0 amide bonds. The van der Waals surface area contributed by atoms with E-state index in [0.29, 0.717) is 0 Å². The molecular formula is C10H12O4. The number of phenolic OH excluding ortho intramolecular Hbond substituents is 3. The van der Waals surface area contributed by atoms with Gasteiger partial charge in [-0.2, -0.15) is 0 Å². The number of ketones is 1. The molecular weight excluding hydrogens is 184 g/mol. The number of phenols is 3. The molecule has 0 heterocycles. The lowest BCUT2D eigenvalue weighted by Gasteiger charge is -2.09. The van der Waals surface area contributed by atoms with Crippen LogP contribution in [-0.4, -0.2) is 21.1 Å². The minimum atomic E-state index is -0.263. The van der Waals surface area contributed by atoms with Gasteiger partial charge in [-0.05, 0) is 13.8 Å². The maximum Gasteiger partial charge on any atom is 0.134 e. The lowest BCUT2D eigenvalue weighted by molar-refractivity contribution is -0.116. The molecule has 14 heavy (non-hydrogen) atoms. The standard InChI is InChI=1S/C10H12O4/c1-5(11)3-7-9(13)4-8(12)6(2)10(7)14/h4,12-14H,3H2,1-2H3. The molecule has 0 saturated carbocycles. The second-order valence-corrected chi connectivity index (χ2v) is 3.25. The molecule has 0 saturated heterocycles. The first-order valence-electron chi connectivity index (χ1n) is 4.16. The number of benzene rings is 1. The maximum atomic E-state index is 10.8. The van der Waals surface area contributed by atoms with Crippen LogP contribution in [-0.2, 0) is 11.2 Å². The van der Waals surface area contributed by atoms with Crippen LogP contribution in [0.5, 0.6) is 17.2 Å². The van der Waals surface area contributed by atoms with Crippen molar-refractivity contribution in [3.63, 3.8) is 0 Å². The molecule has 0 unspecified atom stereocenters. The zero-order chi connectivity index (χ0) is 10.9. The molecule has 4 nitrogen and oxygen atoms in total. The van der Waals surface area contributed by atoms with Crippen LogP contribution >= 0.6 is 0 Å². The lowest BCUT2D eigenvalue weighted by Crippen LogP contribution is -1.98. The Labute approximate surface area is 81.4 Å². The van der Waals surface area contributed by atoms with E-state index >= 15 is 0 Å². The molecule has 3 N–H and O–H groups in total. The van der Waals surface area contributed by atoms with Crippen molar-refractivity contribution in [2.75, 3.05) is 0 Å². The summed E-state index contributed by atoms with van der Waals surface area (Å²) in [5, 5.41) is 28.1. The maximum absolute atomic E-state index is 10.8. The summed E-state index contributed by atoms with van der Waals surface area (Å²) in [5.41, 5.74) is 0.423. The van der Waals surface area contributed by atoms with Crippen molar-refractivity contribution in [1.82, 2.24) is 0 Å². The first kappa shape index (κ1) is 10.4. The van der Waals surface area contributed by atoms with Crippen LogP contribution in [0.25, 0.3) is 0 Å². The van der Waals surface area contributed by atoms with Gasteiger partial charge < -0.3 is 15.3 Å². The molecule has 0 fully saturated rings. The zero-order valence-corrected chi connectivity index (χ0v) is 8.03. The van der Waals surface area contributed by atoms with E-state index in [9.17, 15) is 20.1 Å². The molecule has 0 radical (unpaired) electrons. The number of hydrogen-bond donors (Lipinski definition) is 3. The quantitative estimate of drug-likeness (QED) is 0.665. The Kier molecular flexibility index (Phi) is 2.65. The van der Waals surface area contributed by atoms with Gasteiger partial charge in [0.05, 0.1) is 0 Å².